The van der Waals surface area contributed by atoms with Crippen molar-refractivity contribution >= 4 is 34.6 Å². The van der Waals surface area contributed by atoms with Crippen LogP contribution in [0.25, 0.3) is 6.08 Å². The highest BCUT2D eigenvalue weighted by Crippen LogP contribution is 2.11. The van der Waals surface area contributed by atoms with E-state index in [1.165, 1.54) is 0 Å². The first-order chi connectivity index (χ1) is 4.86. The van der Waals surface area contributed by atoms with E-state index in [0.29, 0.717) is 0 Å². The molecular formula is C8H8IN. The fourth-order valence-corrected chi connectivity index (χ4v) is 1.04. The fraction of sp³-hybridized carbons (Fsp3) is 0. The molecule has 0 fully saturated rings. The molecule has 52 valence electrons. The largest absolute Gasteiger partial charge is 0.328 e. The summed E-state index contributed by atoms with van der Waals surface area (Å²) in [6.45, 7) is 3.66. The molecule has 0 aliphatic heterocycles. The van der Waals surface area contributed by atoms with Gasteiger partial charge in [0.25, 0.3) is 0 Å². The van der Waals surface area contributed by atoms with Crippen LogP contribution in [-0.4, -0.2) is 0 Å². The molecule has 1 nitrogen and oxygen atoms in total. The molecule has 0 aliphatic carbocycles. The zero-order chi connectivity index (χ0) is 7.40. The van der Waals surface area contributed by atoms with E-state index in [1.54, 1.807) is 0 Å². The minimum atomic E-state index is 1.12. The van der Waals surface area contributed by atoms with E-state index in [4.69, 9.17) is 0 Å². The summed E-state index contributed by atoms with van der Waals surface area (Å²) in [5, 5.41) is 0. The Morgan fingerprint density at radius 2 is 1.90 bits per heavy atom. The summed E-state index contributed by atoms with van der Waals surface area (Å²) in [4.78, 5) is 0. The average Bonchev–Trinajstić information content (AvgIpc) is 2.05. The molecule has 0 radical (unpaired) electrons. The summed E-state index contributed by atoms with van der Waals surface area (Å²) in [6.07, 6.45) is 1.83. The van der Waals surface area contributed by atoms with Gasteiger partial charge in [-0.1, -0.05) is 24.8 Å². The maximum absolute atomic E-state index is 3.66. The van der Waals surface area contributed by atoms with Gasteiger partial charge >= 0.3 is 0 Å². The Balaban J connectivity index is 2.90. The second-order valence-electron chi connectivity index (χ2n) is 1.92. The lowest BCUT2D eigenvalue weighted by molar-refractivity contribution is 1.66. The second-order valence-corrected chi connectivity index (χ2v) is 2.46. The topological polar surface area (TPSA) is 12.0 Å². The van der Waals surface area contributed by atoms with Gasteiger partial charge < -0.3 is 3.53 Å². The molecule has 0 bridgehead atoms. The van der Waals surface area contributed by atoms with E-state index in [-0.39, 0.29) is 0 Å². The molecule has 1 aromatic carbocycles. The number of rotatable bonds is 2. The molecule has 0 spiro atoms. The molecule has 0 saturated heterocycles. The molecule has 10 heavy (non-hydrogen) atoms. The van der Waals surface area contributed by atoms with Crippen LogP contribution in [0.15, 0.2) is 30.8 Å². The Morgan fingerprint density at radius 1 is 1.30 bits per heavy atom. The molecule has 0 amide bonds. The van der Waals surface area contributed by atoms with Gasteiger partial charge in [-0.15, -0.1) is 0 Å². The van der Waals surface area contributed by atoms with Gasteiger partial charge in [0, 0.05) is 5.69 Å². The van der Waals surface area contributed by atoms with Crippen LogP contribution in [0, 0.1) is 0 Å². The molecule has 1 N–H and O–H groups in total. The summed E-state index contributed by atoms with van der Waals surface area (Å²) in [5.74, 6) is 0. The third kappa shape index (κ3) is 1.73. The van der Waals surface area contributed by atoms with Gasteiger partial charge in [0.2, 0.25) is 0 Å². The summed E-state index contributed by atoms with van der Waals surface area (Å²) >= 11 is 2.10. The molecule has 0 heterocycles. The van der Waals surface area contributed by atoms with Gasteiger partial charge in [0.1, 0.15) is 0 Å². The van der Waals surface area contributed by atoms with Crippen LogP contribution in [0.2, 0.25) is 0 Å². The molecule has 0 saturated carbocycles. The smallest absolute Gasteiger partial charge is 0.0560 e. The van der Waals surface area contributed by atoms with E-state index in [2.05, 4.69) is 33.0 Å². The van der Waals surface area contributed by atoms with E-state index in [1.807, 2.05) is 30.3 Å². The standard InChI is InChI=1S/C8H8IN/c1-2-7-3-5-8(10-9)6-4-7/h2-6,10H,1H2. The predicted octanol–water partition coefficient (Wildman–Crippen LogP) is 3.09. The van der Waals surface area contributed by atoms with E-state index in [0.717, 1.165) is 11.3 Å². The van der Waals surface area contributed by atoms with Crippen molar-refractivity contribution in [3.63, 3.8) is 0 Å². The van der Waals surface area contributed by atoms with Crippen molar-refractivity contribution in [1.29, 1.82) is 0 Å². The Hall–Kier alpha value is -0.510. The van der Waals surface area contributed by atoms with Crippen LogP contribution in [-0.2, 0) is 0 Å². The normalized spacial score (nSPS) is 8.90. The van der Waals surface area contributed by atoms with Crippen LogP contribution in [0.1, 0.15) is 5.56 Å². The average molecular weight is 245 g/mol. The summed E-state index contributed by atoms with van der Waals surface area (Å²) in [7, 11) is 0. The summed E-state index contributed by atoms with van der Waals surface area (Å²) in [6, 6.07) is 8.08. The van der Waals surface area contributed by atoms with Crippen molar-refractivity contribution in [2.75, 3.05) is 3.53 Å². The Morgan fingerprint density at radius 3 is 2.30 bits per heavy atom. The maximum atomic E-state index is 3.66. The number of hydrogen-bond acceptors (Lipinski definition) is 1. The Labute approximate surface area is 74.6 Å². The lowest BCUT2D eigenvalue weighted by Gasteiger charge is -1.96. The number of anilines is 1. The van der Waals surface area contributed by atoms with Gasteiger partial charge in [-0.05, 0) is 17.7 Å². The molecule has 2 heteroatoms. The van der Waals surface area contributed by atoms with Crippen molar-refractivity contribution in [3.8, 4) is 0 Å². The number of benzene rings is 1. The molecule has 0 unspecified atom stereocenters. The van der Waals surface area contributed by atoms with Crippen LogP contribution in [0.3, 0.4) is 0 Å². The van der Waals surface area contributed by atoms with E-state index >= 15 is 0 Å². The van der Waals surface area contributed by atoms with Crippen LogP contribution in [0.5, 0.6) is 0 Å². The maximum Gasteiger partial charge on any atom is 0.0560 e. The molecule has 1 rings (SSSR count). The van der Waals surface area contributed by atoms with Gasteiger partial charge in [-0.3, -0.25) is 0 Å². The monoisotopic (exact) mass is 245 g/mol. The lowest BCUT2D eigenvalue weighted by atomic mass is 10.2. The summed E-state index contributed by atoms with van der Waals surface area (Å²) < 4.78 is 3.01. The molecular weight excluding hydrogens is 237 g/mol. The third-order valence-corrected chi connectivity index (χ3v) is 1.88. The minimum absolute atomic E-state index is 1.12. The van der Waals surface area contributed by atoms with Crippen molar-refractivity contribution in [2.24, 2.45) is 0 Å². The Bertz CT molecular complexity index is 215. The van der Waals surface area contributed by atoms with E-state index < -0.39 is 0 Å². The van der Waals surface area contributed by atoms with Crippen LogP contribution in [0.4, 0.5) is 5.69 Å². The zero-order valence-corrected chi connectivity index (χ0v) is 7.63. The minimum Gasteiger partial charge on any atom is -0.328 e. The highest BCUT2D eigenvalue weighted by Gasteiger charge is 1.86. The molecule has 0 aromatic heterocycles. The molecule has 1 aromatic rings. The second kappa shape index (κ2) is 3.61. The van der Waals surface area contributed by atoms with Crippen molar-refractivity contribution < 1.29 is 0 Å². The Kier molecular flexibility index (Phi) is 2.74. The van der Waals surface area contributed by atoms with Crippen molar-refractivity contribution in [3.05, 3.63) is 36.4 Å². The first-order valence-corrected chi connectivity index (χ1v) is 4.04. The fourth-order valence-electron chi connectivity index (χ4n) is 0.682. The van der Waals surface area contributed by atoms with Crippen molar-refractivity contribution in [2.45, 2.75) is 0 Å². The third-order valence-electron chi connectivity index (χ3n) is 1.26. The van der Waals surface area contributed by atoms with Crippen LogP contribution < -0.4 is 3.53 Å². The number of hydrogen-bond donors (Lipinski definition) is 1. The van der Waals surface area contributed by atoms with Gasteiger partial charge in [-0.2, -0.15) is 0 Å². The molecule has 0 atom stereocenters. The van der Waals surface area contributed by atoms with Gasteiger partial charge in [-0.25, -0.2) is 0 Å². The molecule has 0 aliphatic rings. The number of halogens is 1. The highest BCUT2D eigenvalue weighted by molar-refractivity contribution is 14.1. The lowest BCUT2D eigenvalue weighted by Crippen LogP contribution is -1.77. The van der Waals surface area contributed by atoms with Crippen LogP contribution >= 0.6 is 22.9 Å². The SMILES string of the molecule is C=Cc1ccc(NI)cc1. The predicted molar refractivity (Wildman–Crippen MR) is 54.2 cm³/mol. The number of nitrogens with one attached hydrogen (secondary N) is 1. The summed E-state index contributed by atoms with van der Waals surface area (Å²) in [5.41, 5.74) is 2.27. The zero-order valence-electron chi connectivity index (χ0n) is 5.47. The van der Waals surface area contributed by atoms with Crippen molar-refractivity contribution in [1.82, 2.24) is 0 Å². The van der Waals surface area contributed by atoms with E-state index in [9.17, 15) is 0 Å². The first kappa shape index (κ1) is 7.60. The van der Waals surface area contributed by atoms with Gasteiger partial charge in [0.05, 0.1) is 22.9 Å². The first-order valence-electron chi connectivity index (χ1n) is 2.96. The quantitative estimate of drug-likeness (QED) is 0.623. The van der Waals surface area contributed by atoms with Gasteiger partial charge in [0.15, 0.2) is 0 Å². The highest BCUT2D eigenvalue weighted by atomic mass is 127.